The van der Waals surface area contributed by atoms with E-state index in [1.165, 1.54) is 18.2 Å². The van der Waals surface area contributed by atoms with Crippen molar-refractivity contribution in [1.82, 2.24) is 4.98 Å². The number of anilines is 1. The van der Waals surface area contributed by atoms with Crippen LogP contribution >= 0.6 is 11.3 Å². The number of nitrogens with two attached hydrogens (primary N) is 1. The van der Waals surface area contributed by atoms with Crippen LogP contribution in [0.25, 0.3) is 11.3 Å². The van der Waals surface area contributed by atoms with Crippen molar-refractivity contribution in [1.29, 1.82) is 0 Å². The summed E-state index contributed by atoms with van der Waals surface area (Å²) in [7, 11) is 0. The fourth-order valence-electron chi connectivity index (χ4n) is 1.30. The first-order valence-corrected chi connectivity index (χ1v) is 5.40. The second-order valence-corrected chi connectivity index (χ2v) is 4.00. The lowest BCUT2D eigenvalue weighted by atomic mass is 10.1. The van der Waals surface area contributed by atoms with Gasteiger partial charge < -0.3 is 10.5 Å². The van der Waals surface area contributed by atoms with Crippen LogP contribution in [-0.4, -0.2) is 11.3 Å². The highest BCUT2D eigenvalue weighted by Gasteiger charge is 2.32. The number of thiazole rings is 1. The fraction of sp³-hybridized carbons (Fsp3) is 0.100. The van der Waals surface area contributed by atoms with Gasteiger partial charge in [-0.15, -0.1) is 24.5 Å². The van der Waals surface area contributed by atoms with E-state index in [9.17, 15) is 13.2 Å². The molecule has 1 heterocycles. The molecule has 1 aromatic carbocycles. The Kier molecular flexibility index (Phi) is 2.93. The van der Waals surface area contributed by atoms with Crippen LogP contribution < -0.4 is 10.5 Å². The number of halogens is 3. The average Bonchev–Trinajstić information content (AvgIpc) is 2.63. The maximum Gasteiger partial charge on any atom is 0.573 e. The van der Waals surface area contributed by atoms with E-state index < -0.39 is 6.36 Å². The Bertz CT molecular complexity index is 524. The zero-order valence-corrected chi connectivity index (χ0v) is 9.18. The maximum absolute atomic E-state index is 12.2. The van der Waals surface area contributed by atoms with Crippen molar-refractivity contribution < 1.29 is 17.9 Å². The first-order chi connectivity index (χ1) is 7.96. The Morgan fingerprint density at radius 1 is 1.24 bits per heavy atom. The molecule has 0 spiro atoms. The number of nitrogen functional groups attached to an aromatic ring is 1. The van der Waals surface area contributed by atoms with Crippen molar-refractivity contribution in [3.05, 3.63) is 29.6 Å². The molecule has 0 unspecified atom stereocenters. The third-order valence-electron chi connectivity index (χ3n) is 1.91. The van der Waals surface area contributed by atoms with Gasteiger partial charge in [0.1, 0.15) is 5.75 Å². The minimum atomic E-state index is -4.72. The fourth-order valence-corrected chi connectivity index (χ4v) is 1.87. The maximum atomic E-state index is 12.2. The number of rotatable bonds is 2. The van der Waals surface area contributed by atoms with Gasteiger partial charge in [0.05, 0.1) is 5.69 Å². The monoisotopic (exact) mass is 260 g/mol. The second kappa shape index (κ2) is 4.25. The molecule has 3 nitrogen and oxygen atoms in total. The van der Waals surface area contributed by atoms with Gasteiger partial charge in [-0.1, -0.05) is 12.1 Å². The molecule has 0 fully saturated rings. The summed E-state index contributed by atoms with van der Waals surface area (Å²) in [4.78, 5) is 3.92. The zero-order valence-electron chi connectivity index (χ0n) is 8.36. The zero-order chi connectivity index (χ0) is 12.5. The number of benzene rings is 1. The Morgan fingerprint density at radius 2 is 1.94 bits per heavy atom. The van der Waals surface area contributed by atoms with Crippen LogP contribution in [0.2, 0.25) is 0 Å². The Balaban J connectivity index is 2.41. The molecule has 90 valence electrons. The molecule has 0 amide bonds. The number of aromatic nitrogens is 1. The highest BCUT2D eigenvalue weighted by molar-refractivity contribution is 7.13. The van der Waals surface area contributed by atoms with Crippen LogP contribution in [-0.2, 0) is 0 Å². The molecule has 2 rings (SSSR count). The van der Waals surface area contributed by atoms with Crippen LogP contribution in [0.4, 0.5) is 18.3 Å². The predicted octanol–water partition coefficient (Wildman–Crippen LogP) is 3.29. The van der Waals surface area contributed by atoms with Crippen molar-refractivity contribution >= 4 is 16.5 Å². The molecule has 0 bridgehead atoms. The largest absolute Gasteiger partial charge is 0.573 e. The summed E-state index contributed by atoms with van der Waals surface area (Å²) >= 11 is 1.16. The quantitative estimate of drug-likeness (QED) is 0.901. The number of para-hydroxylation sites is 1. The molecule has 2 aromatic rings. The molecular formula is C10H7F3N2OS. The first kappa shape index (κ1) is 11.7. The third kappa shape index (κ3) is 2.88. The molecule has 0 saturated carbocycles. The molecule has 7 heteroatoms. The van der Waals surface area contributed by atoms with Crippen molar-refractivity contribution in [2.45, 2.75) is 6.36 Å². The van der Waals surface area contributed by atoms with Gasteiger partial charge in [0.2, 0.25) is 0 Å². The molecule has 0 aliphatic heterocycles. The van der Waals surface area contributed by atoms with Gasteiger partial charge in [-0.05, 0) is 12.1 Å². The normalized spacial score (nSPS) is 11.5. The summed E-state index contributed by atoms with van der Waals surface area (Å²) in [6.45, 7) is 0. The molecular weight excluding hydrogens is 253 g/mol. The van der Waals surface area contributed by atoms with E-state index in [4.69, 9.17) is 5.73 Å². The standard InChI is InChI=1S/C10H7F3N2OS/c11-10(12,13)16-8-4-2-1-3-6(8)7-5-17-9(14)15-7/h1-5H,(H2,14,15). The highest BCUT2D eigenvalue weighted by Crippen LogP contribution is 2.34. The number of nitrogens with zero attached hydrogens (tertiary/aromatic N) is 1. The Morgan fingerprint density at radius 3 is 2.53 bits per heavy atom. The van der Waals surface area contributed by atoms with E-state index in [1.54, 1.807) is 11.4 Å². The SMILES string of the molecule is Nc1nc(-c2ccccc2OC(F)(F)F)cs1. The van der Waals surface area contributed by atoms with Crippen molar-refractivity contribution in [3.8, 4) is 17.0 Å². The predicted molar refractivity (Wildman–Crippen MR) is 58.6 cm³/mol. The van der Waals surface area contributed by atoms with Gasteiger partial charge in [-0.25, -0.2) is 4.98 Å². The van der Waals surface area contributed by atoms with Gasteiger partial charge in [0.15, 0.2) is 5.13 Å². The van der Waals surface area contributed by atoms with Crippen LogP contribution in [0, 0.1) is 0 Å². The smallest absolute Gasteiger partial charge is 0.405 e. The van der Waals surface area contributed by atoms with Crippen molar-refractivity contribution in [2.75, 3.05) is 5.73 Å². The van der Waals surface area contributed by atoms with Crippen molar-refractivity contribution in [2.24, 2.45) is 0 Å². The number of hydrogen-bond acceptors (Lipinski definition) is 4. The van der Waals surface area contributed by atoms with E-state index in [-0.39, 0.29) is 11.3 Å². The second-order valence-electron chi connectivity index (χ2n) is 3.11. The number of ether oxygens (including phenoxy) is 1. The summed E-state index contributed by atoms with van der Waals surface area (Å²) in [6, 6.07) is 5.79. The summed E-state index contributed by atoms with van der Waals surface area (Å²) in [6.07, 6.45) is -4.72. The number of alkyl halides is 3. The summed E-state index contributed by atoms with van der Waals surface area (Å²) in [5.74, 6) is -0.287. The van der Waals surface area contributed by atoms with Gasteiger partial charge >= 0.3 is 6.36 Å². The molecule has 0 atom stereocenters. The molecule has 0 aliphatic rings. The summed E-state index contributed by atoms with van der Waals surface area (Å²) in [5, 5.41) is 1.87. The van der Waals surface area contributed by atoms with Gasteiger partial charge in [0, 0.05) is 10.9 Å². The van der Waals surface area contributed by atoms with Gasteiger partial charge in [-0.2, -0.15) is 0 Å². The molecule has 0 radical (unpaired) electrons. The first-order valence-electron chi connectivity index (χ1n) is 4.52. The molecule has 17 heavy (non-hydrogen) atoms. The van der Waals surface area contributed by atoms with E-state index >= 15 is 0 Å². The van der Waals surface area contributed by atoms with Crippen LogP contribution in [0.5, 0.6) is 5.75 Å². The topological polar surface area (TPSA) is 48.1 Å². The summed E-state index contributed by atoms with van der Waals surface area (Å²) in [5.41, 5.74) is 6.07. The van der Waals surface area contributed by atoms with E-state index in [1.807, 2.05) is 0 Å². The third-order valence-corrected chi connectivity index (χ3v) is 2.58. The van der Waals surface area contributed by atoms with E-state index in [0.29, 0.717) is 10.8 Å². The molecule has 1 aromatic heterocycles. The summed E-state index contributed by atoms with van der Waals surface area (Å²) < 4.78 is 40.5. The highest BCUT2D eigenvalue weighted by atomic mass is 32.1. The van der Waals surface area contributed by atoms with E-state index in [2.05, 4.69) is 9.72 Å². The van der Waals surface area contributed by atoms with Crippen LogP contribution in [0.1, 0.15) is 0 Å². The Labute approximate surface area is 98.7 Å². The number of hydrogen-bond donors (Lipinski definition) is 1. The minimum Gasteiger partial charge on any atom is -0.405 e. The lowest BCUT2D eigenvalue weighted by molar-refractivity contribution is -0.274. The lowest BCUT2D eigenvalue weighted by Gasteiger charge is -2.11. The van der Waals surface area contributed by atoms with Crippen molar-refractivity contribution in [3.63, 3.8) is 0 Å². The van der Waals surface area contributed by atoms with E-state index in [0.717, 1.165) is 11.3 Å². The molecule has 0 saturated heterocycles. The van der Waals surface area contributed by atoms with Gasteiger partial charge in [0.25, 0.3) is 0 Å². The average molecular weight is 260 g/mol. The van der Waals surface area contributed by atoms with Crippen LogP contribution in [0.3, 0.4) is 0 Å². The van der Waals surface area contributed by atoms with Crippen LogP contribution in [0.15, 0.2) is 29.6 Å². The van der Waals surface area contributed by atoms with Gasteiger partial charge in [-0.3, -0.25) is 0 Å². The molecule has 0 aliphatic carbocycles. The Hall–Kier alpha value is -1.76. The lowest BCUT2D eigenvalue weighted by Crippen LogP contribution is -2.17. The minimum absolute atomic E-state index is 0.262. The molecule has 2 N–H and O–H groups in total.